The molecule has 5 heteroatoms. The highest BCUT2D eigenvalue weighted by molar-refractivity contribution is 5.76. The summed E-state index contributed by atoms with van der Waals surface area (Å²) in [5, 5.41) is 3.36. The molecule has 2 aromatic carbocycles. The number of fused-ring (bicyclic) bond motifs is 1. The Morgan fingerprint density at radius 3 is 2.64 bits per heavy atom. The first-order valence-corrected chi connectivity index (χ1v) is 9.09. The number of benzene rings is 2. The number of anilines is 2. The van der Waals surface area contributed by atoms with Gasteiger partial charge in [0.05, 0.1) is 12.2 Å². The van der Waals surface area contributed by atoms with Gasteiger partial charge in [-0.25, -0.2) is 9.97 Å². The first-order valence-electron chi connectivity index (χ1n) is 9.09. The Morgan fingerprint density at radius 1 is 1.04 bits per heavy atom. The van der Waals surface area contributed by atoms with Gasteiger partial charge < -0.3 is 15.8 Å². The third-order valence-corrected chi connectivity index (χ3v) is 4.36. The zero-order valence-electron chi connectivity index (χ0n) is 15.4. The lowest BCUT2D eigenvalue weighted by molar-refractivity contribution is 0.306. The van der Waals surface area contributed by atoms with Crippen molar-refractivity contribution in [1.29, 1.82) is 0 Å². The van der Waals surface area contributed by atoms with Crippen molar-refractivity contribution < 1.29 is 4.74 Å². The molecule has 4 rings (SSSR count). The fourth-order valence-electron chi connectivity index (χ4n) is 2.99. The van der Waals surface area contributed by atoms with E-state index in [0.717, 1.165) is 39.6 Å². The van der Waals surface area contributed by atoms with Crippen LogP contribution in [0, 0.1) is 11.8 Å². The van der Waals surface area contributed by atoms with E-state index in [9.17, 15) is 0 Å². The van der Waals surface area contributed by atoms with Crippen molar-refractivity contribution in [1.82, 2.24) is 9.97 Å². The van der Waals surface area contributed by atoms with Crippen LogP contribution in [0.25, 0.3) is 6.08 Å². The molecular weight excluding hydrogens is 348 g/mol. The molecule has 1 aliphatic carbocycles. The Kier molecular flexibility index (Phi) is 5.32. The molecule has 0 spiro atoms. The molecule has 3 N–H and O–H groups in total. The van der Waals surface area contributed by atoms with Gasteiger partial charge in [0.1, 0.15) is 24.5 Å². The third kappa shape index (κ3) is 4.20. The monoisotopic (exact) mass is 368 g/mol. The van der Waals surface area contributed by atoms with Crippen LogP contribution in [0.4, 0.5) is 11.5 Å². The quantitative estimate of drug-likeness (QED) is 0.672. The zero-order valence-corrected chi connectivity index (χ0v) is 15.4. The largest absolute Gasteiger partial charge is 0.489 e. The lowest BCUT2D eigenvalue weighted by Gasteiger charge is -2.10. The van der Waals surface area contributed by atoms with Crippen LogP contribution >= 0.6 is 0 Å². The summed E-state index contributed by atoms with van der Waals surface area (Å²) >= 11 is 0. The van der Waals surface area contributed by atoms with Crippen LogP contribution in [0.1, 0.15) is 16.8 Å². The van der Waals surface area contributed by atoms with Crippen LogP contribution < -0.4 is 15.8 Å². The molecule has 0 aliphatic heterocycles. The number of hydrogen-bond acceptors (Lipinski definition) is 5. The maximum Gasteiger partial charge on any atom is 0.141 e. The van der Waals surface area contributed by atoms with E-state index in [2.05, 4.69) is 27.1 Å². The van der Waals surface area contributed by atoms with E-state index >= 15 is 0 Å². The minimum absolute atomic E-state index is 0.350. The standard InChI is InChI=1S/C23H20N4O/c24-12-4-7-18-13-21-22(14-18)25-16-26-23(21)27-19-8-10-20(11-9-19)28-15-17-5-2-1-3-6-17/h1-3,5-6,8-11,13,16H,12,14-15,24H2,(H,25,26,27). The highest BCUT2D eigenvalue weighted by atomic mass is 16.5. The topological polar surface area (TPSA) is 73.1 Å². The number of allylic oxidation sites excluding steroid dienone is 1. The zero-order chi connectivity index (χ0) is 19.2. The second-order valence-corrected chi connectivity index (χ2v) is 6.36. The van der Waals surface area contributed by atoms with Crippen LogP contribution in [0.5, 0.6) is 5.75 Å². The molecule has 1 aromatic heterocycles. The SMILES string of the molecule is NCC#CC1=Cc2c(ncnc2Nc2ccc(OCc3ccccc3)cc2)C1. The number of ether oxygens (including phenoxy) is 1. The maximum absolute atomic E-state index is 5.83. The van der Waals surface area contributed by atoms with E-state index in [-0.39, 0.29) is 0 Å². The minimum atomic E-state index is 0.350. The van der Waals surface area contributed by atoms with Gasteiger partial charge >= 0.3 is 0 Å². The van der Waals surface area contributed by atoms with E-state index in [1.807, 2.05) is 60.7 Å². The van der Waals surface area contributed by atoms with Gasteiger partial charge in [0.15, 0.2) is 0 Å². The molecule has 1 heterocycles. The number of nitrogens with one attached hydrogen (secondary N) is 1. The van der Waals surface area contributed by atoms with Gasteiger partial charge in [-0.05, 0) is 35.9 Å². The molecule has 0 fully saturated rings. The highest BCUT2D eigenvalue weighted by Gasteiger charge is 2.17. The van der Waals surface area contributed by atoms with E-state index in [4.69, 9.17) is 10.5 Å². The number of nitrogens with two attached hydrogens (primary N) is 1. The van der Waals surface area contributed by atoms with E-state index in [0.29, 0.717) is 19.6 Å². The van der Waals surface area contributed by atoms with Gasteiger partial charge in [0, 0.05) is 23.2 Å². The Hall–Kier alpha value is -3.62. The van der Waals surface area contributed by atoms with Crippen LogP contribution in [-0.2, 0) is 13.0 Å². The Labute approximate surface area is 164 Å². The van der Waals surface area contributed by atoms with E-state index < -0.39 is 0 Å². The summed E-state index contributed by atoms with van der Waals surface area (Å²) < 4.78 is 5.83. The van der Waals surface area contributed by atoms with Gasteiger partial charge in [-0.1, -0.05) is 42.2 Å². The Morgan fingerprint density at radius 2 is 1.86 bits per heavy atom. The second kappa shape index (κ2) is 8.38. The summed E-state index contributed by atoms with van der Waals surface area (Å²) in [6, 6.07) is 17.9. The minimum Gasteiger partial charge on any atom is -0.489 e. The summed E-state index contributed by atoms with van der Waals surface area (Å²) in [6.45, 7) is 0.896. The van der Waals surface area contributed by atoms with Gasteiger partial charge in [0.25, 0.3) is 0 Å². The van der Waals surface area contributed by atoms with Crippen LogP contribution in [0.2, 0.25) is 0 Å². The summed E-state index contributed by atoms with van der Waals surface area (Å²) in [5.74, 6) is 7.57. The molecular formula is C23H20N4O. The number of aromatic nitrogens is 2. The highest BCUT2D eigenvalue weighted by Crippen LogP contribution is 2.30. The second-order valence-electron chi connectivity index (χ2n) is 6.36. The smallest absolute Gasteiger partial charge is 0.141 e. The van der Waals surface area contributed by atoms with Crippen molar-refractivity contribution in [3.8, 4) is 17.6 Å². The number of nitrogens with zero attached hydrogens (tertiary/aromatic N) is 2. The fourth-order valence-corrected chi connectivity index (χ4v) is 2.99. The van der Waals surface area contributed by atoms with Crippen molar-refractivity contribution in [3.63, 3.8) is 0 Å². The Balaban J connectivity index is 1.44. The summed E-state index contributed by atoms with van der Waals surface area (Å²) in [7, 11) is 0. The first-order chi connectivity index (χ1) is 13.8. The van der Waals surface area contributed by atoms with Crippen molar-refractivity contribution in [2.24, 2.45) is 5.73 Å². The molecule has 0 radical (unpaired) electrons. The number of hydrogen-bond donors (Lipinski definition) is 2. The van der Waals surface area contributed by atoms with Crippen molar-refractivity contribution >= 4 is 17.6 Å². The molecule has 0 bridgehead atoms. The van der Waals surface area contributed by atoms with Crippen LogP contribution in [0.15, 0.2) is 66.5 Å². The first kappa shape index (κ1) is 17.8. The fraction of sp³-hybridized carbons (Fsp3) is 0.130. The average molecular weight is 368 g/mol. The molecule has 0 saturated heterocycles. The van der Waals surface area contributed by atoms with Crippen molar-refractivity contribution in [3.05, 3.63) is 83.3 Å². The molecule has 28 heavy (non-hydrogen) atoms. The van der Waals surface area contributed by atoms with E-state index in [1.165, 1.54) is 0 Å². The predicted molar refractivity (Wildman–Crippen MR) is 111 cm³/mol. The molecule has 5 nitrogen and oxygen atoms in total. The van der Waals surface area contributed by atoms with E-state index in [1.54, 1.807) is 6.33 Å². The number of rotatable bonds is 5. The lowest BCUT2D eigenvalue weighted by atomic mass is 10.2. The molecule has 1 aliphatic rings. The van der Waals surface area contributed by atoms with Crippen LogP contribution in [0.3, 0.4) is 0 Å². The van der Waals surface area contributed by atoms with Gasteiger partial charge in [0.2, 0.25) is 0 Å². The van der Waals surface area contributed by atoms with Crippen molar-refractivity contribution in [2.45, 2.75) is 13.0 Å². The molecule has 0 unspecified atom stereocenters. The summed E-state index contributed by atoms with van der Waals surface area (Å²) in [4.78, 5) is 8.75. The molecule has 138 valence electrons. The molecule has 3 aromatic rings. The molecule has 0 atom stereocenters. The normalized spacial score (nSPS) is 11.8. The van der Waals surface area contributed by atoms with Gasteiger partial charge in [-0.3, -0.25) is 0 Å². The Bertz CT molecular complexity index is 1050. The van der Waals surface area contributed by atoms with Gasteiger partial charge in [-0.2, -0.15) is 0 Å². The lowest BCUT2D eigenvalue weighted by Crippen LogP contribution is -2.00. The predicted octanol–water partition coefficient (Wildman–Crippen LogP) is 3.70. The van der Waals surface area contributed by atoms with Crippen molar-refractivity contribution in [2.75, 3.05) is 11.9 Å². The molecule has 0 saturated carbocycles. The summed E-state index contributed by atoms with van der Waals surface area (Å²) in [6.07, 6.45) is 4.31. The van der Waals surface area contributed by atoms with Gasteiger partial charge in [-0.15, -0.1) is 0 Å². The molecule has 0 amide bonds. The summed E-state index contributed by atoms with van der Waals surface area (Å²) in [5.41, 5.74) is 10.5. The average Bonchev–Trinajstić information content (AvgIpc) is 3.17. The maximum atomic E-state index is 5.83. The van der Waals surface area contributed by atoms with Crippen LogP contribution in [-0.4, -0.2) is 16.5 Å². The third-order valence-electron chi connectivity index (χ3n) is 4.36.